The molecule has 0 amide bonds. The highest BCUT2D eigenvalue weighted by Gasteiger charge is 2.31. The summed E-state index contributed by atoms with van der Waals surface area (Å²) in [5.74, 6) is -1.65. The topological polar surface area (TPSA) is 356 Å². The molecule has 0 saturated carbocycles. The molecule has 6 aromatic carbocycles. The van der Waals surface area contributed by atoms with Gasteiger partial charge < -0.3 is 20.9 Å². The second-order valence-corrected chi connectivity index (χ2v) is 22.2. The van der Waals surface area contributed by atoms with E-state index in [0.29, 0.717) is 12.1 Å². The molecular weight excluding hydrogens is 941 g/mol. The fraction of sp³-hybridized carbons (Fsp3) is 0. The lowest BCUT2D eigenvalue weighted by Crippen LogP contribution is -2.11. The second-order valence-electron chi connectivity index (χ2n) is 12.8. The Morgan fingerprint density at radius 2 is 0.645 bits per heavy atom. The van der Waals surface area contributed by atoms with Crippen LogP contribution in [-0.2, 0) is 60.1 Å². The number of hydrogen-bond donors (Lipinski definition) is 6. The van der Waals surface area contributed by atoms with Gasteiger partial charge in [0.15, 0.2) is 0 Å². The van der Waals surface area contributed by atoms with E-state index in [1.165, 1.54) is 12.1 Å². The van der Waals surface area contributed by atoms with Crippen LogP contribution in [0, 0.1) is 0 Å². The zero-order valence-corrected chi connectivity index (χ0v) is 35.6. The van der Waals surface area contributed by atoms with Crippen LogP contribution in [0.3, 0.4) is 0 Å². The van der Waals surface area contributed by atoms with Gasteiger partial charge in [0, 0.05) is 22.5 Å². The van der Waals surface area contributed by atoms with Crippen LogP contribution in [-0.4, -0.2) is 68.7 Å². The van der Waals surface area contributed by atoms with Crippen molar-refractivity contribution in [3.8, 4) is 34.1 Å². The number of rotatable bonds is 13. The van der Waals surface area contributed by atoms with E-state index < -0.39 is 111 Å². The van der Waals surface area contributed by atoms with Crippen LogP contribution < -0.4 is 20.9 Å². The number of sulfone groups is 2. The zero-order chi connectivity index (χ0) is 45.8. The number of anilines is 2. The molecule has 0 saturated heterocycles. The average Bonchev–Trinajstić information content (AvgIpc) is 3.17. The lowest BCUT2D eigenvalue weighted by atomic mass is 10.0. The van der Waals surface area contributed by atoms with E-state index in [9.17, 15) is 68.7 Å². The summed E-state index contributed by atoms with van der Waals surface area (Å²) >= 11 is 0. The van der Waals surface area contributed by atoms with Crippen molar-refractivity contribution in [3.05, 3.63) is 121 Å². The molecule has 0 atom stereocenters. The van der Waals surface area contributed by atoms with Crippen LogP contribution in [0.4, 0.5) is 11.4 Å². The van der Waals surface area contributed by atoms with E-state index in [2.05, 4.69) is 0 Å². The third kappa shape index (κ3) is 9.58. The van der Waals surface area contributed by atoms with E-state index in [1.54, 1.807) is 0 Å². The maximum Gasteiger partial charge on any atom is 0.298 e. The number of benzene rings is 6. The monoisotopic (exact) mass is 968 g/mol. The largest absolute Gasteiger partial charge is 0.456 e. The van der Waals surface area contributed by atoms with Crippen LogP contribution in [0.25, 0.3) is 11.1 Å². The van der Waals surface area contributed by atoms with Gasteiger partial charge in [0.2, 0.25) is 19.7 Å². The molecule has 0 aliphatic heterocycles. The minimum atomic E-state index is -5.27. The van der Waals surface area contributed by atoms with E-state index in [0.717, 1.165) is 97.1 Å². The minimum Gasteiger partial charge on any atom is -0.456 e. The first kappa shape index (κ1) is 45.6. The summed E-state index contributed by atoms with van der Waals surface area (Å²) in [6.45, 7) is 0. The van der Waals surface area contributed by atoms with Gasteiger partial charge in [0.05, 0.1) is 29.4 Å². The first-order valence-corrected chi connectivity index (χ1v) is 25.3. The second kappa shape index (κ2) is 16.1. The Bertz CT molecular complexity index is 3250. The number of nitrogens with two attached hydrogens (primary N) is 2. The molecule has 0 aliphatic carbocycles. The molecule has 0 radical (unpaired) electrons. The summed E-state index contributed by atoms with van der Waals surface area (Å²) in [6, 6.07) is 18.8. The van der Waals surface area contributed by atoms with Crippen molar-refractivity contribution in [2.24, 2.45) is 0 Å². The van der Waals surface area contributed by atoms with Crippen LogP contribution in [0.15, 0.2) is 160 Å². The lowest BCUT2D eigenvalue weighted by molar-refractivity contribution is 0.446. The lowest BCUT2D eigenvalue weighted by Gasteiger charge is -2.17. The maximum atomic E-state index is 14.4. The first-order chi connectivity index (χ1) is 28.6. The molecule has 0 fully saturated rings. The molecule has 0 bridgehead atoms. The Kier molecular flexibility index (Phi) is 11.8. The van der Waals surface area contributed by atoms with Crippen molar-refractivity contribution in [1.29, 1.82) is 0 Å². The maximum absolute atomic E-state index is 14.4. The van der Waals surface area contributed by atoms with Crippen LogP contribution in [0.2, 0.25) is 0 Å². The van der Waals surface area contributed by atoms with E-state index in [4.69, 9.17) is 20.9 Å². The molecule has 20 nitrogen and oxygen atoms in total. The van der Waals surface area contributed by atoms with E-state index in [1.807, 2.05) is 0 Å². The standard InChI is InChI=1S/C36H28N2O18S6/c37-21-1-13-29(33(17-21)57(39,40)27-11-15-31(35(19-27)61(49,50)51)55-23-3-7-25(8-4-23)59(43,44)45)30-14-2-22(38)18-34(30)58(41,42)28-12-16-32(36(20-28)62(52,53)54)56-24-5-9-26(10-6-24)60(46,47)48/h1-20H,37-38H2,(H,43,44,45)(H,46,47,48)(H,49,50,51)(H,52,53,54). The number of ether oxygens (including phenoxy) is 2. The molecular formula is C36H28N2O18S6. The fourth-order valence-electron chi connectivity index (χ4n) is 5.72. The summed E-state index contributed by atoms with van der Waals surface area (Å²) in [6.07, 6.45) is 0. The van der Waals surface area contributed by atoms with Gasteiger partial charge in [-0.05, 0) is 109 Å². The van der Waals surface area contributed by atoms with Gasteiger partial charge in [-0.15, -0.1) is 0 Å². The summed E-state index contributed by atoms with van der Waals surface area (Å²) in [7, 11) is -29.7. The average molecular weight is 969 g/mol. The minimum absolute atomic E-state index is 0.170. The highest BCUT2D eigenvalue weighted by atomic mass is 32.2. The van der Waals surface area contributed by atoms with Gasteiger partial charge in [0.1, 0.15) is 32.8 Å². The van der Waals surface area contributed by atoms with Gasteiger partial charge in [-0.1, -0.05) is 12.1 Å². The molecule has 26 heteroatoms. The smallest absolute Gasteiger partial charge is 0.298 e. The normalized spacial score (nSPS) is 12.8. The van der Waals surface area contributed by atoms with E-state index >= 15 is 0 Å². The molecule has 0 aliphatic rings. The first-order valence-electron chi connectivity index (χ1n) is 16.6. The molecule has 6 aromatic rings. The summed E-state index contributed by atoms with van der Waals surface area (Å²) < 4.78 is 203. The zero-order valence-electron chi connectivity index (χ0n) is 30.7. The number of nitrogen functional groups attached to an aromatic ring is 2. The van der Waals surface area contributed by atoms with E-state index in [-0.39, 0.29) is 34.0 Å². The molecule has 0 heterocycles. The fourth-order valence-corrected chi connectivity index (χ4v) is 11.2. The molecule has 0 unspecified atom stereocenters. The highest BCUT2D eigenvalue weighted by molar-refractivity contribution is 7.92. The molecule has 0 aromatic heterocycles. The SMILES string of the molecule is Nc1ccc(-c2ccc(N)cc2S(=O)(=O)c2ccc(Oc3ccc(S(=O)(=O)O)cc3)c(S(=O)(=O)O)c2)c(S(=O)(=O)c2ccc(Oc3ccc(S(=O)(=O)O)cc3)c(S(=O)(=O)O)c2)c1. The van der Waals surface area contributed by atoms with Gasteiger partial charge >= 0.3 is 0 Å². The molecule has 0 spiro atoms. The molecule has 62 heavy (non-hydrogen) atoms. The third-order valence-corrected chi connectivity index (χ3v) is 15.7. The van der Waals surface area contributed by atoms with Crippen LogP contribution >= 0.6 is 0 Å². The summed E-state index contributed by atoms with van der Waals surface area (Å²) in [5.41, 5.74) is 10.9. The van der Waals surface area contributed by atoms with Crippen molar-refractivity contribution in [3.63, 3.8) is 0 Å². The van der Waals surface area contributed by atoms with Gasteiger partial charge in [-0.3, -0.25) is 18.2 Å². The molecule has 8 N–H and O–H groups in total. The number of hydrogen-bond acceptors (Lipinski definition) is 16. The van der Waals surface area contributed by atoms with Gasteiger partial charge in [-0.2, -0.15) is 33.7 Å². The van der Waals surface area contributed by atoms with Crippen molar-refractivity contribution in [2.75, 3.05) is 11.5 Å². The van der Waals surface area contributed by atoms with Crippen molar-refractivity contribution in [1.82, 2.24) is 0 Å². The third-order valence-electron chi connectivity index (χ3n) is 8.59. The quantitative estimate of drug-likeness (QED) is 0.0671. The predicted octanol–water partition coefficient (Wildman–Crippen LogP) is 4.76. The van der Waals surface area contributed by atoms with Crippen LogP contribution in [0.5, 0.6) is 23.0 Å². The Morgan fingerprint density at radius 1 is 0.339 bits per heavy atom. The van der Waals surface area contributed by atoms with Crippen LogP contribution in [0.1, 0.15) is 0 Å². The Balaban J connectivity index is 1.45. The summed E-state index contributed by atoms with van der Waals surface area (Å²) in [4.78, 5) is -6.18. The Morgan fingerprint density at radius 3 is 0.935 bits per heavy atom. The van der Waals surface area contributed by atoms with Gasteiger partial charge in [-0.25, -0.2) is 16.8 Å². The predicted molar refractivity (Wildman–Crippen MR) is 217 cm³/mol. The van der Waals surface area contributed by atoms with Crippen molar-refractivity contribution in [2.45, 2.75) is 39.2 Å². The molecule has 326 valence electrons. The Labute approximate surface area is 353 Å². The van der Waals surface area contributed by atoms with Crippen molar-refractivity contribution < 1.29 is 78.2 Å². The molecule has 6 rings (SSSR count). The highest BCUT2D eigenvalue weighted by Crippen LogP contribution is 2.42. The van der Waals surface area contributed by atoms with Gasteiger partial charge in [0.25, 0.3) is 40.5 Å². The Hall–Kier alpha value is -5.94. The van der Waals surface area contributed by atoms with Crippen molar-refractivity contribution >= 4 is 71.5 Å². The summed E-state index contributed by atoms with van der Waals surface area (Å²) in [5, 5.41) is 0.